The summed E-state index contributed by atoms with van der Waals surface area (Å²) in [4.78, 5) is 14.7. The number of hydrogen-bond donors (Lipinski definition) is 3. The van der Waals surface area contributed by atoms with Crippen LogP contribution in [0, 0.1) is 6.92 Å². The van der Waals surface area contributed by atoms with Crippen LogP contribution in [0.1, 0.15) is 16.1 Å². The van der Waals surface area contributed by atoms with Crippen LogP contribution in [-0.2, 0) is 0 Å². The monoisotopic (exact) mass is 217 g/mol. The van der Waals surface area contributed by atoms with Gasteiger partial charge in [0.1, 0.15) is 5.69 Å². The van der Waals surface area contributed by atoms with E-state index in [4.69, 9.17) is 5.73 Å². The number of H-pyrrole nitrogens is 1. The number of fused-ring (bicyclic) bond motifs is 1. The van der Waals surface area contributed by atoms with Gasteiger partial charge in [-0.2, -0.15) is 0 Å². The highest BCUT2D eigenvalue weighted by Gasteiger charge is 2.08. The molecule has 1 amide bonds. The minimum absolute atomic E-state index is 0.112. The van der Waals surface area contributed by atoms with Crippen molar-refractivity contribution in [1.82, 2.24) is 10.3 Å². The van der Waals surface area contributed by atoms with Crippen LogP contribution < -0.4 is 11.1 Å². The maximum atomic E-state index is 11.7. The van der Waals surface area contributed by atoms with Gasteiger partial charge < -0.3 is 16.0 Å². The molecule has 0 saturated heterocycles. The van der Waals surface area contributed by atoms with Crippen molar-refractivity contribution in [2.75, 3.05) is 13.1 Å². The van der Waals surface area contributed by atoms with E-state index < -0.39 is 0 Å². The second-order valence-electron chi connectivity index (χ2n) is 3.82. The second-order valence-corrected chi connectivity index (χ2v) is 3.82. The Balaban J connectivity index is 2.28. The molecule has 2 rings (SSSR count). The van der Waals surface area contributed by atoms with Gasteiger partial charge in [0, 0.05) is 24.0 Å². The number of carbonyl (C=O) groups is 1. The molecule has 0 aliphatic heterocycles. The summed E-state index contributed by atoms with van der Waals surface area (Å²) in [6, 6.07) is 7.89. The lowest BCUT2D eigenvalue weighted by molar-refractivity contribution is 0.0950. The van der Waals surface area contributed by atoms with E-state index in [-0.39, 0.29) is 5.91 Å². The topological polar surface area (TPSA) is 70.9 Å². The fraction of sp³-hybridized carbons (Fsp3) is 0.250. The van der Waals surface area contributed by atoms with Gasteiger partial charge in [-0.3, -0.25) is 4.79 Å². The lowest BCUT2D eigenvalue weighted by atomic mass is 10.2. The van der Waals surface area contributed by atoms with Crippen molar-refractivity contribution in [3.05, 3.63) is 35.5 Å². The summed E-state index contributed by atoms with van der Waals surface area (Å²) in [5, 5.41) is 3.78. The van der Waals surface area contributed by atoms with Crippen molar-refractivity contribution < 1.29 is 4.79 Å². The first kappa shape index (κ1) is 10.7. The Bertz CT molecular complexity index is 516. The van der Waals surface area contributed by atoms with Crippen LogP contribution in [0.2, 0.25) is 0 Å². The van der Waals surface area contributed by atoms with Gasteiger partial charge >= 0.3 is 0 Å². The fourth-order valence-corrected chi connectivity index (χ4v) is 1.66. The SMILES string of the molecule is Cc1ccc2[nH]c(C(=O)NCCN)cc2c1. The molecule has 0 unspecified atom stereocenters. The first-order valence-electron chi connectivity index (χ1n) is 5.28. The Morgan fingerprint density at radius 1 is 1.44 bits per heavy atom. The predicted molar refractivity (Wildman–Crippen MR) is 64.4 cm³/mol. The molecule has 84 valence electrons. The molecule has 0 atom stereocenters. The van der Waals surface area contributed by atoms with E-state index in [1.54, 1.807) is 0 Å². The number of carbonyl (C=O) groups excluding carboxylic acids is 1. The lowest BCUT2D eigenvalue weighted by Gasteiger charge is -1.99. The van der Waals surface area contributed by atoms with Crippen LogP contribution in [0.15, 0.2) is 24.3 Å². The number of hydrogen-bond acceptors (Lipinski definition) is 2. The molecule has 4 N–H and O–H groups in total. The van der Waals surface area contributed by atoms with E-state index in [2.05, 4.69) is 10.3 Å². The highest BCUT2D eigenvalue weighted by atomic mass is 16.1. The molecule has 0 aliphatic carbocycles. The third-order valence-corrected chi connectivity index (χ3v) is 2.45. The van der Waals surface area contributed by atoms with E-state index in [0.717, 1.165) is 10.9 Å². The van der Waals surface area contributed by atoms with Crippen molar-refractivity contribution in [2.45, 2.75) is 6.92 Å². The zero-order chi connectivity index (χ0) is 11.5. The standard InChI is InChI=1S/C12H15N3O/c1-8-2-3-10-9(6-8)7-11(15-10)12(16)14-5-4-13/h2-3,6-7,15H,4-5,13H2,1H3,(H,14,16). The molecule has 16 heavy (non-hydrogen) atoms. The van der Waals surface area contributed by atoms with E-state index >= 15 is 0 Å². The summed E-state index contributed by atoms with van der Waals surface area (Å²) in [6.45, 7) is 2.97. The van der Waals surface area contributed by atoms with Gasteiger partial charge in [0.15, 0.2) is 0 Å². The van der Waals surface area contributed by atoms with Gasteiger partial charge in [0.25, 0.3) is 5.91 Å². The van der Waals surface area contributed by atoms with Gasteiger partial charge in [-0.05, 0) is 25.1 Å². The van der Waals surface area contributed by atoms with E-state index in [1.807, 2.05) is 31.2 Å². The molecule has 4 nitrogen and oxygen atoms in total. The molecule has 1 aromatic heterocycles. The lowest BCUT2D eigenvalue weighted by Crippen LogP contribution is -2.29. The Kier molecular flexibility index (Phi) is 2.92. The molecule has 0 radical (unpaired) electrons. The minimum atomic E-state index is -0.112. The van der Waals surface area contributed by atoms with Gasteiger partial charge in [0.05, 0.1) is 0 Å². The molecule has 0 spiro atoms. The summed E-state index contributed by atoms with van der Waals surface area (Å²) in [6.07, 6.45) is 0. The molecule has 0 fully saturated rings. The number of aromatic nitrogens is 1. The number of nitrogens with one attached hydrogen (secondary N) is 2. The number of aryl methyl sites for hydroxylation is 1. The van der Waals surface area contributed by atoms with Crippen LogP contribution in [0.5, 0.6) is 0 Å². The summed E-state index contributed by atoms with van der Waals surface area (Å²) < 4.78 is 0. The number of benzene rings is 1. The van der Waals surface area contributed by atoms with Crippen LogP contribution in [-0.4, -0.2) is 24.0 Å². The van der Waals surface area contributed by atoms with Crippen LogP contribution >= 0.6 is 0 Å². The smallest absolute Gasteiger partial charge is 0.267 e. The van der Waals surface area contributed by atoms with Crippen LogP contribution in [0.25, 0.3) is 10.9 Å². The van der Waals surface area contributed by atoms with Crippen molar-refractivity contribution in [2.24, 2.45) is 5.73 Å². The quantitative estimate of drug-likeness (QED) is 0.722. The van der Waals surface area contributed by atoms with Crippen molar-refractivity contribution in [3.63, 3.8) is 0 Å². The zero-order valence-electron chi connectivity index (χ0n) is 9.21. The Morgan fingerprint density at radius 2 is 2.25 bits per heavy atom. The molecular weight excluding hydrogens is 202 g/mol. The van der Waals surface area contributed by atoms with E-state index in [0.29, 0.717) is 18.8 Å². The van der Waals surface area contributed by atoms with Crippen molar-refractivity contribution in [1.29, 1.82) is 0 Å². The Labute approximate surface area is 93.8 Å². The number of rotatable bonds is 3. The van der Waals surface area contributed by atoms with E-state index in [9.17, 15) is 4.79 Å². The van der Waals surface area contributed by atoms with Gasteiger partial charge in [-0.25, -0.2) is 0 Å². The molecule has 2 aromatic rings. The second kappa shape index (κ2) is 4.37. The zero-order valence-corrected chi connectivity index (χ0v) is 9.21. The highest BCUT2D eigenvalue weighted by Crippen LogP contribution is 2.16. The van der Waals surface area contributed by atoms with Gasteiger partial charge in [-0.15, -0.1) is 0 Å². The highest BCUT2D eigenvalue weighted by molar-refractivity contribution is 5.98. The molecular formula is C12H15N3O. The summed E-state index contributed by atoms with van der Waals surface area (Å²) >= 11 is 0. The fourth-order valence-electron chi connectivity index (χ4n) is 1.66. The van der Waals surface area contributed by atoms with Crippen LogP contribution in [0.4, 0.5) is 0 Å². The average molecular weight is 217 g/mol. The minimum Gasteiger partial charge on any atom is -0.351 e. The molecule has 1 aromatic carbocycles. The van der Waals surface area contributed by atoms with E-state index in [1.165, 1.54) is 5.56 Å². The maximum absolute atomic E-state index is 11.7. The third kappa shape index (κ3) is 2.06. The summed E-state index contributed by atoms with van der Waals surface area (Å²) in [5.74, 6) is -0.112. The Morgan fingerprint density at radius 3 is 3.00 bits per heavy atom. The maximum Gasteiger partial charge on any atom is 0.267 e. The van der Waals surface area contributed by atoms with Gasteiger partial charge in [0.2, 0.25) is 0 Å². The van der Waals surface area contributed by atoms with Crippen molar-refractivity contribution in [3.8, 4) is 0 Å². The number of nitrogens with two attached hydrogens (primary N) is 1. The molecule has 0 aliphatic rings. The summed E-state index contributed by atoms with van der Waals surface area (Å²) in [7, 11) is 0. The molecule has 0 bridgehead atoms. The van der Waals surface area contributed by atoms with Crippen LogP contribution in [0.3, 0.4) is 0 Å². The number of amides is 1. The predicted octanol–water partition coefficient (Wildman–Crippen LogP) is 1.16. The van der Waals surface area contributed by atoms with Crippen molar-refractivity contribution >= 4 is 16.8 Å². The number of aromatic amines is 1. The third-order valence-electron chi connectivity index (χ3n) is 2.45. The normalized spacial score (nSPS) is 10.6. The first-order valence-corrected chi connectivity index (χ1v) is 5.28. The molecule has 4 heteroatoms. The Hall–Kier alpha value is -1.81. The first-order chi connectivity index (χ1) is 7.70. The average Bonchev–Trinajstić information content (AvgIpc) is 2.68. The largest absolute Gasteiger partial charge is 0.351 e. The molecule has 0 saturated carbocycles. The van der Waals surface area contributed by atoms with Gasteiger partial charge in [-0.1, -0.05) is 11.6 Å². The summed E-state index contributed by atoms with van der Waals surface area (Å²) in [5.41, 5.74) is 8.06. The molecule has 1 heterocycles.